The van der Waals surface area contributed by atoms with Gasteiger partial charge in [-0.1, -0.05) is 54.1 Å². The molecule has 1 N–H and O–H groups in total. The maximum absolute atomic E-state index is 13.5. The number of ether oxygens (including phenoxy) is 1. The molecule has 200 valence electrons. The van der Waals surface area contributed by atoms with E-state index in [4.69, 9.17) is 16.3 Å². The van der Waals surface area contributed by atoms with Crippen molar-refractivity contribution in [2.75, 3.05) is 26.2 Å². The number of halogens is 1. The van der Waals surface area contributed by atoms with Crippen LogP contribution in [0.1, 0.15) is 29.8 Å². The number of carbonyl (C=O) groups is 1. The van der Waals surface area contributed by atoms with Crippen molar-refractivity contribution in [2.45, 2.75) is 32.7 Å². The largest absolute Gasteiger partial charge is 0.491 e. The van der Waals surface area contributed by atoms with Crippen LogP contribution in [0, 0.1) is 12.8 Å². The van der Waals surface area contributed by atoms with Crippen LogP contribution in [0.5, 0.6) is 5.75 Å². The van der Waals surface area contributed by atoms with E-state index in [2.05, 4.69) is 58.5 Å². The maximum atomic E-state index is 13.5. The number of aromatic nitrogens is 2. The predicted octanol–water partition coefficient (Wildman–Crippen LogP) is 6.97. The number of amides is 2. The Kier molecular flexibility index (Phi) is 7.29. The first kappa shape index (κ1) is 25.5. The molecule has 7 heteroatoms. The van der Waals surface area contributed by atoms with Gasteiger partial charge in [0.2, 0.25) is 0 Å². The van der Waals surface area contributed by atoms with E-state index in [0.29, 0.717) is 25.6 Å². The normalized spacial score (nSPS) is 15.9. The summed E-state index contributed by atoms with van der Waals surface area (Å²) in [6, 6.07) is 23.0. The number of rotatable bonds is 4. The molecule has 3 aromatic carbocycles. The Labute approximate surface area is 234 Å². The summed E-state index contributed by atoms with van der Waals surface area (Å²) in [5.41, 5.74) is 6.71. The highest BCUT2D eigenvalue weighted by molar-refractivity contribution is 6.30. The number of imidazole rings is 1. The average molecular weight is 541 g/mol. The Morgan fingerprint density at radius 2 is 1.67 bits per heavy atom. The molecule has 0 aliphatic carbocycles. The fourth-order valence-corrected chi connectivity index (χ4v) is 5.76. The number of hydrogen-bond donors (Lipinski definition) is 1. The number of fused-ring (bicyclic) bond motifs is 1. The number of piperidine rings is 1. The van der Waals surface area contributed by atoms with Gasteiger partial charge in [0.05, 0.1) is 25.0 Å². The number of benzene rings is 3. The molecule has 1 aromatic heterocycles. The lowest BCUT2D eigenvalue weighted by molar-refractivity contribution is 0.127. The number of H-pyrrole nitrogens is 1. The summed E-state index contributed by atoms with van der Waals surface area (Å²) in [7, 11) is 0. The summed E-state index contributed by atoms with van der Waals surface area (Å²) in [5, 5.41) is 0.771. The van der Waals surface area contributed by atoms with E-state index in [1.54, 1.807) is 0 Å². The number of likely N-dealkylation sites (tertiary alicyclic amines) is 1. The van der Waals surface area contributed by atoms with Crippen molar-refractivity contribution in [3.8, 4) is 28.1 Å². The quantitative estimate of drug-likeness (QED) is 0.304. The minimum atomic E-state index is 0.112. The van der Waals surface area contributed by atoms with E-state index in [1.807, 2.05) is 41.1 Å². The predicted molar refractivity (Wildman–Crippen MR) is 155 cm³/mol. The first-order chi connectivity index (χ1) is 19.0. The van der Waals surface area contributed by atoms with Crippen LogP contribution in [0.3, 0.4) is 0 Å². The first-order valence-corrected chi connectivity index (χ1v) is 14.1. The Morgan fingerprint density at radius 1 is 0.949 bits per heavy atom. The molecule has 1 saturated heterocycles. The van der Waals surface area contributed by atoms with Gasteiger partial charge in [0.15, 0.2) is 0 Å². The van der Waals surface area contributed by atoms with Gasteiger partial charge < -0.3 is 19.5 Å². The Morgan fingerprint density at radius 3 is 2.38 bits per heavy atom. The number of aromatic amines is 1. The summed E-state index contributed by atoms with van der Waals surface area (Å²) in [6.45, 7) is 5.19. The van der Waals surface area contributed by atoms with Crippen molar-refractivity contribution >= 4 is 17.6 Å². The van der Waals surface area contributed by atoms with Crippen molar-refractivity contribution in [3.05, 3.63) is 94.9 Å². The molecular formula is C32H33ClN4O2. The van der Waals surface area contributed by atoms with Crippen LogP contribution in [0.2, 0.25) is 5.02 Å². The molecule has 2 aliphatic rings. The fraction of sp³-hybridized carbons (Fsp3) is 0.312. The molecule has 0 spiro atoms. The van der Waals surface area contributed by atoms with Crippen molar-refractivity contribution in [1.82, 2.24) is 19.8 Å². The van der Waals surface area contributed by atoms with Crippen LogP contribution < -0.4 is 4.74 Å². The van der Waals surface area contributed by atoms with Crippen LogP contribution in [0.25, 0.3) is 22.4 Å². The zero-order chi connectivity index (χ0) is 26.8. The minimum Gasteiger partial charge on any atom is -0.491 e. The van der Waals surface area contributed by atoms with Gasteiger partial charge in [-0.25, -0.2) is 9.78 Å². The van der Waals surface area contributed by atoms with Gasteiger partial charge in [0.1, 0.15) is 18.2 Å². The molecule has 0 saturated carbocycles. The number of nitrogens with zero attached hydrogens (tertiary/aromatic N) is 3. The van der Waals surface area contributed by atoms with Crippen LogP contribution in [-0.4, -0.2) is 52.0 Å². The Bertz CT molecular complexity index is 1440. The third-order valence-corrected chi connectivity index (χ3v) is 8.12. The lowest BCUT2D eigenvalue weighted by Gasteiger charge is -2.35. The van der Waals surface area contributed by atoms with E-state index in [0.717, 1.165) is 76.9 Å². The molecule has 0 bridgehead atoms. The molecule has 0 atom stereocenters. The van der Waals surface area contributed by atoms with Gasteiger partial charge >= 0.3 is 6.03 Å². The van der Waals surface area contributed by atoms with Crippen molar-refractivity contribution in [1.29, 1.82) is 0 Å². The molecular weight excluding hydrogens is 508 g/mol. The van der Waals surface area contributed by atoms with Crippen molar-refractivity contribution < 1.29 is 9.53 Å². The van der Waals surface area contributed by atoms with Crippen LogP contribution in [-0.2, 0) is 13.0 Å². The summed E-state index contributed by atoms with van der Waals surface area (Å²) >= 11 is 6.03. The first-order valence-electron chi connectivity index (χ1n) is 13.7. The third-order valence-electron chi connectivity index (χ3n) is 7.87. The molecule has 0 unspecified atom stereocenters. The van der Waals surface area contributed by atoms with Crippen LogP contribution in [0.15, 0.2) is 72.9 Å². The zero-order valence-corrected chi connectivity index (χ0v) is 23.0. The van der Waals surface area contributed by atoms with E-state index < -0.39 is 0 Å². The maximum Gasteiger partial charge on any atom is 0.320 e. The topological polar surface area (TPSA) is 61.5 Å². The van der Waals surface area contributed by atoms with E-state index >= 15 is 0 Å². The van der Waals surface area contributed by atoms with Gasteiger partial charge in [-0.15, -0.1) is 0 Å². The molecule has 6 nitrogen and oxygen atoms in total. The number of aryl methyl sites for hydroxylation is 1. The standard InChI is InChI=1S/C32H33ClN4O2/c1-22-34-20-30(35-22)26-6-4-25(5-7-26)27-8-11-31-28(19-27)21-37(16-17-39-31)32(38)36-14-12-24(13-15-36)18-23-2-9-29(33)10-3-23/h2-11,19-20,24H,12-18,21H2,1H3,(H,34,35). The second-order valence-corrected chi connectivity index (χ2v) is 11.0. The molecule has 1 fully saturated rings. The van der Waals surface area contributed by atoms with E-state index in [1.165, 1.54) is 5.56 Å². The highest BCUT2D eigenvalue weighted by Gasteiger charge is 2.28. The number of nitrogens with one attached hydrogen (secondary N) is 1. The second-order valence-electron chi connectivity index (χ2n) is 10.6. The summed E-state index contributed by atoms with van der Waals surface area (Å²) in [5.74, 6) is 2.36. The SMILES string of the molecule is Cc1ncc(-c2ccc(-c3ccc4c(c3)CN(C(=O)N3CCC(Cc5ccc(Cl)cc5)CC3)CCO4)cc2)[nH]1. The molecule has 2 aliphatic heterocycles. The van der Waals surface area contributed by atoms with Gasteiger partial charge in [-0.3, -0.25) is 0 Å². The van der Waals surface area contributed by atoms with Crippen LogP contribution in [0.4, 0.5) is 4.79 Å². The lowest BCUT2D eigenvalue weighted by Crippen LogP contribution is -2.47. The van der Waals surface area contributed by atoms with Gasteiger partial charge in [-0.05, 0) is 78.6 Å². The summed E-state index contributed by atoms with van der Waals surface area (Å²) in [4.78, 5) is 25.1. The number of hydrogen-bond acceptors (Lipinski definition) is 3. The minimum absolute atomic E-state index is 0.112. The molecule has 6 rings (SSSR count). The van der Waals surface area contributed by atoms with Crippen LogP contribution >= 0.6 is 11.6 Å². The third kappa shape index (κ3) is 5.81. The second kappa shape index (κ2) is 11.1. The van der Waals surface area contributed by atoms with Gasteiger partial charge in [-0.2, -0.15) is 0 Å². The fourth-order valence-electron chi connectivity index (χ4n) is 5.63. The van der Waals surface area contributed by atoms with Gasteiger partial charge in [0, 0.05) is 23.7 Å². The number of urea groups is 1. The molecule has 4 aromatic rings. The molecule has 0 radical (unpaired) electrons. The Balaban J connectivity index is 1.10. The highest BCUT2D eigenvalue weighted by atomic mass is 35.5. The summed E-state index contributed by atoms with van der Waals surface area (Å²) < 4.78 is 6.05. The monoisotopic (exact) mass is 540 g/mol. The lowest BCUT2D eigenvalue weighted by atomic mass is 9.90. The molecule has 39 heavy (non-hydrogen) atoms. The van der Waals surface area contributed by atoms with E-state index in [-0.39, 0.29) is 6.03 Å². The number of carbonyl (C=O) groups excluding carboxylic acids is 1. The zero-order valence-electron chi connectivity index (χ0n) is 22.2. The average Bonchev–Trinajstić information content (AvgIpc) is 3.29. The highest BCUT2D eigenvalue weighted by Crippen LogP contribution is 2.31. The Hall–Kier alpha value is -3.77. The van der Waals surface area contributed by atoms with E-state index in [9.17, 15) is 4.79 Å². The molecule has 2 amide bonds. The summed E-state index contributed by atoms with van der Waals surface area (Å²) in [6.07, 6.45) is 4.94. The smallest absolute Gasteiger partial charge is 0.320 e. The van der Waals surface area contributed by atoms with Crippen molar-refractivity contribution in [2.24, 2.45) is 5.92 Å². The molecule has 3 heterocycles. The van der Waals surface area contributed by atoms with Crippen molar-refractivity contribution in [3.63, 3.8) is 0 Å². The van der Waals surface area contributed by atoms with Gasteiger partial charge in [0.25, 0.3) is 0 Å².